The van der Waals surface area contributed by atoms with Crippen molar-refractivity contribution in [2.45, 2.75) is 84.2 Å². The normalized spacial score (nSPS) is 12.3. The molecule has 37 heavy (non-hydrogen) atoms. The Balaban J connectivity index is 1.69. The molecule has 0 amide bonds. The first-order valence-corrected chi connectivity index (χ1v) is 15.0. The van der Waals surface area contributed by atoms with Crippen molar-refractivity contribution in [1.82, 2.24) is 0 Å². The van der Waals surface area contributed by atoms with Gasteiger partial charge in [0.15, 0.2) is 6.10 Å². The second kappa shape index (κ2) is 17.0. The Labute approximate surface area is 222 Å². The highest BCUT2D eigenvalue weighted by molar-refractivity contribution is 7.87. The van der Waals surface area contributed by atoms with Crippen LogP contribution in [-0.2, 0) is 32.5 Å². The van der Waals surface area contributed by atoms with Crippen LogP contribution in [0.3, 0.4) is 0 Å². The molecule has 0 bridgehead atoms. The Kier molecular flexibility index (Phi) is 14.1. The minimum atomic E-state index is -3.59. The van der Waals surface area contributed by atoms with E-state index in [0.29, 0.717) is 44.0 Å². The second-order valence-corrected chi connectivity index (χ2v) is 10.9. The minimum Gasteiger partial charge on any atom is -0.493 e. The van der Waals surface area contributed by atoms with E-state index in [0.717, 1.165) is 24.0 Å². The summed E-state index contributed by atoms with van der Waals surface area (Å²) in [5.41, 5.74) is 1.87. The summed E-state index contributed by atoms with van der Waals surface area (Å²) in [6.07, 6.45) is 8.85. The fourth-order valence-corrected chi connectivity index (χ4v) is 5.00. The third-order valence-electron chi connectivity index (χ3n) is 6.04. The standard InChI is InChI=1S/C29H42O7S/c1-3-5-6-7-8-9-10-11-22-37(32,33)36-27-18-12-24(13-19-27)20-21-35-26-16-14-25(15-17-26)23-28(29(30)31)34-4-2/h12-19,28H,3-11,20-23H2,1-2H3,(H,30,31)/t28-/m0/s1. The van der Waals surface area contributed by atoms with E-state index in [9.17, 15) is 18.3 Å². The van der Waals surface area contributed by atoms with Crippen LogP contribution in [0.25, 0.3) is 0 Å². The predicted molar refractivity (Wildman–Crippen MR) is 146 cm³/mol. The number of aliphatic carboxylic acids is 1. The number of ether oxygens (including phenoxy) is 2. The third-order valence-corrected chi connectivity index (χ3v) is 7.28. The molecule has 0 spiro atoms. The topological polar surface area (TPSA) is 99.1 Å². The van der Waals surface area contributed by atoms with Gasteiger partial charge in [0.05, 0.1) is 12.4 Å². The highest BCUT2D eigenvalue weighted by atomic mass is 32.2. The number of carbonyl (C=O) groups is 1. The first-order valence-electron chi connectivity index (χ1n) is 13.4. The number of hydrogen-bond acceptors (Lipinski definition) is 6. The number of unbranched alkanes of at least 4 members (excludes halogenated alkanes) is 7. The van der Waals surface area contributed by atoms with Crippen molar-refractivity contribution in [3.05, 3.63) is 59.7 Å². The van der Waals surface area contributed by atoms with Gasteiger partial charge in [-0.05, 0) is 48.7 Å². The molecule has 0 saturated heterocycles. The molecule has 2 aromatic rings. The summed E-state index contributed by atoms with van der Waals surface area (Å²) in [4.78, 5) is 11.2. The van der Waals surface area contributed by atoms with Crippen molar-refractivity contribution in [3.63, 3.8) is 0 Å². The van der Waals surface area contributed by atoms with Crippen LogP contribution >= 0.6 is 0 Å². The zero-order chi connectivity index (χ0) is 26.9. The van der Waals surface area contributed by atoms with E-state index in [1.54, 1.807) is 19.1 Å². The number of rotatable bonds is 20. The molecule has 0 aliphatic carbocycles. The summed E-state index contributed by atoms with van der Waals surface area (Å²) in [5.74, 6) is 0.0872. The molecule has 2 rings (SSSR count). The van der Waals surface area contributed by atoms with Crippen LogP contribution in [0.5, 0.6) is 11.5 Å². The molecular formula is C29H42O7S. The number of carboxylic acids is 1. The van der Waals surface area contributed by atoms with Crippen molar-refractivity contribution in [3.8, 4) is 11.5 Å². The lowest BCUT2D eigenvalue weighted by Gasteiger charge is -2.13. The first-order chi connectivity index (χ1) is 17.8. The molecule has 7 nitrogen and oxygen atoms in total. The SMILES string of the molecule is CCCCCCCCCCS(=O)(=O)Oc1ccc(CCOc2ccc(C[C@H](OCC)C(=O)O)cc2)cc1. The van der Waals surface area contributed by atoms with E-state index in [4.69, 9.17) is 13.7 Å². The number of hydrogen-bond donors (Lipinski definition) is 1. The quantitative estimate of drug-likeness (QED) is 0.160. The van der Waals surface area contributed by atoms with Crippen molar-refractivity contribution in [2.75, 3.05) is 19.0 Å². The van der Waals surface area contributed by atoms with Gasteiger partial charge < -0.3 is 18.8 Å². The summed E-state index contributed by atoms with van der Waals surface area (Å²) in [6, 6.07) is 14.3. The lowest BCUT2D eigenvalue weighted by Crippen LogP contribution is -2.26. The molecule has 1 N–H and O–H groups in total. The van der Waals surface area contributed by atoms with Gasteiger partial charge in [-0.3, -0.25) is 0 Å². The summed E-state index contributed by atoms with van der Waals surface area (Å²) in [5, 5.41) is 9.21. The van der Waals surface area contributed by atoms with Gasteiger partial charge in [0.25, 0.3) is 0 Å². The Morgan fingerprint density at radius 2 is 1.38 bits per heavy atom. The van der Waals surface area contributed by atoms with E-state index in [1.165, 1.54) is 32.1 Å². The van der Waals surface area contributed by atoms with Crippen LogP contribution in [0.2, 0.25) is 0 Å². The van der Waals surface area contributed by atoms with Gasteiger partial charge in [-0.15, -0.1) is 0 Å². The average molecular weight is 535 g/mol. The van der Waals surface area contributed by atoms with E-state index in [-0.39, 0.29) is 5.75 Å². The van der Waals surface area contributed by atoms with Gasteiger partial charge in [0.1, 0.15) is 11.5 Å². The predicted octanol–water partition coefficient (Wildman–Crippen LogP) is 6.19. The zero-order valence-corrected chi connectivity index (χ0v) is 23.0. The van der Waals surface area contributed by atoms with E-state index in [2.05, 4.69) is 6.92 Å². The Hall–Kier alpha value is -2.58. The molecule has 0 unspecified atom stereocenters. The van der Waals surface area contributed by atoms with Gasteiger partial charge in [0.2, 0.25) is 0 Å². The highest BCUT2D eigenvalue weighted by Gasteiger charge is 2.18. The van der Waals surface area contributed by atoms with Crippen molar-refractivity contribution < 1.29 is 32.0 Å². The Morgan fingerprint density at radius 3 is 1.97 bits per heavy atom. The summed E-state index contributed by atoms with van der Waals surface area (Å²) < 4.78 is 40.8. The van der Waals surface area contributed by atoms with Gasteiger partial charge in [-0.1, -0.05) is 76.1 Å². The van der Waals surface area contributed by atoms with Crippen LogP contribution in [0.4, 0.5) is 0 Å². The van der Waals surface area contributed by atoms with Crippen LogP contribution in [0.1, 0.15) is 76.3 Å². The largest absolute Gasteiger partial charge is 0.493 e. The van der Waals surface area contributed by atoms with Crippen molar-refractivity contribution in [1.29, 1.82) is 0 Å². The van der Waals surface area contributed by atoms with E-state index >= 15 is 0 Å². The molecule has 0 fully saturated rings. The summed E-state index contributed by atoms with van der Waals surface area (Å²) in [7, 11) is -3.59. The third kappa shape index (κ3) is 13.0. The summed E-state index contributed by atoms with van der Waals surface area (Å²) in [6.45, 7) is 4.77. The maximum Gasteiger partial charge on any atom is 0.333 e. The molecule has 2 aromatic carbocycles. The first kappa shape index (κ1) is 30.6. The van der Waals surface area contributed by atoms with Crippen LogP contribution in [0, 0.1) is 0 Å². The van der Waals surface area contributed by atoms with Gasteiger partial charge in [0, 0.05) is 19.4 Å². The molecule has 8 heteroatoms. The molecule has 0 aliphatic heterocycles. The molecule has 0 heterocycles. The Morgan fingerprint density at radius 1 is 0.811 bits per heavy atom. The molecule has 206 valence electrons. The van der Waals surface area contributed by atoms with Crippen molar-refractivity contribution in [2.24, 2.45) is 0 Å². The molecular weight excluding hydrogens is 492 g/mol. The van der Waals surface area contributed by atoms with Gasteiger partial charge in [-0.2, -0.15) is 8.42 Å². The van der Waals surface area contributed by atoms with Crippen LogP contribution < -0.4 is 8.92 Å². The van der Waals surface area contributed by atoms with Gasteiger partial charge in [-0.25, -0.2) is 4.79 Å². The number of benzene rings is 2. The molecule has 0 saturated carbocycles. The maximum atomic E-state index is 12.3. The minimum absolute atomic E-state index is 0.0406. The monoisotopic (exact) mass is 534 g/mol. The zero-order valence-electron chi connectivity index (χ0n) is 22.2. The summed E-state index contributed by atoms with van der Waals surface area (Å²) >= 11 is 0. The smallest absolute Gasteiger partial charge is 0.333 e. The van der Waals surface area contributed by atoms with E-state index in [1.807, 2.05) is 36.4 Å². The maximum absolute atomic E-state index is 12.3. The Bertz CT molecular complexity index is 1000. The molecule has 0 aromatic heterocycles. The molecule has 0 aliphatic rings. The molecule has 1 atom stereocenters. The average Bonchev–Trinajstić information content (AvgIpc) is 2.87. The lowest BCUT2D eigenvalue weighted by atomic mass is 10.1. The fraction of sp³-hybridized carbons (Fsp3) is 0.552. The highest BCUT2D eigenvalue weighted by Crippen LogP contribution is 2.18. The van der Waals surface area contributed by atoms with E-state index < -0.39 is 22.2 Å². The lowest BCUT2D eigenvalue weighted by molar-refractivity contribution is -0.149. The van der Waals surface area contributed by atoms with Gasteiger partial charge >= 0.3 is 16.1 Å². The van der Waals surface area contributed by atoms with Crippen LogP contribution in [0.15, 0.2) is 48.5 Å². The van der Waals surface area contributed by atoms with Crippen LogP contribution in [-0.4, -0.2) is 44.6 Å². The van der Waals surface area contributed by atoms with Crippen molar-refractivity contribution >= 4 is 16.1 Å². The second-order valence-electron chi connectivity index (χ2n) is 9.19. The molecule has 0 radical (unpaired) electrons. The fourth-order valence-electron chi connectivity index (χ4n) is 3.95. The number of carboxylic acid groups (broad SMARTS) is 1.